The topological polar surface area (TPSA) is 217 Å². The number of halogens is 2. The number of carbonyl (C=O) groups excluding carboxylic acids is 7. The van der Waals surface area contributed by atoms with E-state index in [2.05, 4.69) is 9.47 Å². The van der Waals surface area contributed by atoms with Crippen LogP contribution in [0.15, 0.2) is 36.4 Å². The number of phenolic OH excluding ortho intramolecular Hbond substituents is 1. The van der Waals surface area contributed by atoms with Gasteiger partial charge in [0.25, 0.3) is 0 Å². The van der Waals surface area contributed by atoms with E-state index in [0.717, 1.165) is 44.7 Å². The lowest BCUT2D eigenvalue weighted by molar-refractivity contribution is -0.165. The quantitative estimate of drug-likeness (QED) is 0.126. The number of aromatic hydroxyl groups is 1. The smallest absolute Gasteiger partial charge is 0.340 e. The Hall–Kier alpha value is -6.07. The summed E-state index contributed by atoms with van der Waals surface area (Å²) >= 11 is 13.0. The van der Waals surface area contributed by atoms with Crippen molar-refractivity contribution in [1.29, 1.82) is 0 Å². The fourth-order valence-corrected chi connectivity index (χ4v) is 5.85. The molecule has 53 heavy (non-hydrogen) atoms. The maximum Gasteiger partial charge on any atom is 0.340 e. The van der Waals surface area contributed by atoms with Gasteiger partial charge in [0.2, 0.25) is 13.6 Å². The molecule has 2 heterocycles. The normalized spacial score (nSPS) is 12.9. The van der Waals surface area contributed by atoms with E-state index in [9.17, 15) is 38.7 Å². The van der Waals surface area contributed by atoms with Gasteiger partial charge in [-0.15, -0.1) is 0 Å². The number of benzene rings is 3. The van der Waals surface area contributed by atoms with Gasteiger partial charge < -0.3 is 47.9 Å². The molecule has 0 saturated carbocycles. The summed E-state index contributed by atoms with van der Waals surface area (Å²) in [6, 6.07) is 7.47. The van der Waals surface area contributed by atoms with Crippen LogP contribution >= 0.6 is 23.2 Å². The molecule has 278 valence electrons. The van der Waals surface area contributed by atoms with Gasteiger partial charge in [0.15, 0.2) is 17.1 Å². The van der Waals surface area contributed by atoms with Crippen LogP contribution in [0.1, 0.15) is 54.7 Å². The number of rotatable bonds is 11. The number of fused-ring (bicyclic) bond motifs is 6. The third-order valence-electron chi connectivity index (χ3n) is 7.46. The van der Waals surface area contributed by atoms with Crippen molar-refractivity contribution in [1.82, 2.24) is 0 Å². The van der Waals surface area contributed by atoms with Crippen LogP contribution in [0.4, 0.5) is 5.69 Å². The summed E-state index contributed by atoms with van der Waals surface area (Å²) in [7, 11) is 0. The largest absolute Gasteiger partial charge is 0.506 e. The summed E-state index contributed by atoms with van der Waals surface area (Å²) in [4.78, 5) is 86.1. The van der Waals surface area contributed by atoms with Crippen molar-refractivity contribution in [3.8, 4) is 28.7 Å². The first-order valence-electron chi connectivity index (χ1n) is 15.2. The zero-order valence-electron chi connectivity index (χ0n) is 28.1. The number of carbonyl (C=O) groups is 7. The first-order valence-corrected chi connectivity index (χ1v) is 15.9. The van der Waals surface area contributed by atoms with E-state index < -0.39 is 79.8 Å². The molecule has 0 unspecified atom stereocenters. The van der Waals surface area contributed by atoms with Crippen molar-refractivity contribution in [3.63, 3.8) is 0 Å². The van der Waals surface area contributed by atoms with Gasteiger partial charge in [-0.3, -0.25) is 28.8 Å². The third-order valence-corrected chi connectivity index (χ3v) is 8.05. The molecule has 2 aliphatic heterocycles. The van der Waals surface area contributed by atoms with E-state index >= 15 is 0 Å². The van der Waals surface area contributed by atoms with Crippen LogP contribution in [-0.4, -0.2) is 73.6 Å². The highest BCUT2D eigenvalue weighted by Crippen LogP contribution is 2.59. The molecule has 0 amide bonds. The Morgan fingerprint density at radius 1 is 0.679 bits per heavy atom. The molecular weight excluding hydrogens is 749 g/mol. The van der Waals surface area contributed by atoms with Crippen LogP contribution in [0.5, 0.6) is 28.7 Å². The maximum atomic E-state index is 13.8. The van der Waals surface area contributed by atoms with Crippen molar-refractivity contribution in [2.24, 2.45) is 0 Å². The second-order valence-corrected chi connectivity index (χ2v) is 12.0. The maximum absolute atomic E-state index is 13.8. The molecule has 17 nitrogen and oxygen atoms in total. The molecule has 3 aromatic carbocycles. The first-order chi connectivity index (χ1) is 25.0. The van der Waals surface area contributed by atoms with Crippen LogP contribution in [0, 0.1) is 0 Å². The minimum Gasteiger partial charge on any atom is -0.506 e. The average molecular weight is 776 g/mol. The molecule has 1 spiro atoms. The summed E-state index contributed by atoms with van der Waals surface area (Å²) in [6.45, 7) is 1.46. The van der Waals surface area contributed by atoms with Gasteiger partial charge in [0, 0.05) is 56.5 Å². The Bertz CT molecular complexity index is 1970. The highest BCUT2D eigenvalue weighted by atomic mass is 35.5. The van der Waals surface area contributed by atoms with Crippen molar-refractivity contribution in [2.45, 2.75) is 33.3 Å². The predicted molar refractivity (Wildman–Crippen MR) is 177 cm³/mol. The molecule has 0 bridgehead atoms. The molecule has 0 atom stereocenters. The molecule has 0 aliphatic carbocycles. The Balaban J connectivity index is 1.65. The Kier molecular flexibility index (Phi) is 11.0. The van der Waals surface area contributed by atoms with Crippen LogP contribution in [0.3, 0.4) is 0 Å². The van der Waals surface area contributed by atoms with Gasteiger partial charge in [0.05, 0.1) is 21.3 Å². The molecular formula is C34H27Cl2NO16. The monoisotopic (exact) mass is 775 g/mol. The van der Waals surface area contributed by atoms with E-state index in [1.807, 2.05) is 0 Å². The second-order valence-electron chi connectivity index (χ2n) is 11.2. The van der Waals surface area contributed by atoms with E-state index in [1.165, 1.54) is 24.3 Å². The first kappa shape index (κ1) is 38.2. The van der Waals surface area contributed by atoms with E-state index in [1.54, 1.807) is 0 Å². The standard InChI is InChI=1S/C34H27Cl2NO16/c1-15(38)46-13-48-31(43)11-37(12-32(44)49-14-47-16(2)39)25-5-19-20(8-26(25)42)34(53-33(19)45)21-6-23(35)29(50-17(3)40)9-27(21)52-28-10-30(51-18(4)41)24(36)7-22(28)34/h5-10,42H,11-14H2,1-4H3. The van der Waals surface area contributed by atoms with Crippen molar-refractivity contribution in [2.75, 3.05) is 31.6 Å². The summed E-state index contributed by atoms with van der Waals surface area (Å²) in [5.74, 6) is -6.75. The van der Waals surface area contributed by atoms with Gasteiger partial charge >= 0.3 is 41.8 Å². The molecule has 3 aromatic rings. The van der Waals surface area contributed by atoms with Crippen molar-refractivity contribution >= 4 is 70.7 Å². The number of hydrogen-bond acceptors (Lipinski definition) is 17. The highest BCUT2D eigenvalue weighted by molar-refractivity contribution is 6.33. The van der Waals surface area contributed by atoms with Gasteiger partial charge in [-0.1, -0.05) is 23.2 Å². The zero-order chi connectivity index (χ0) is 38.8. The molecule has 0 saturated heterocycles. The van der Waals surface area contributed by atoms with Crippen LogP contribution in [0.2, 0.25) is 10.0 Å². The summed E-state index contributed by atoms with van der Waals surface area (Å²) < 4.78 is 41.7. The van der Waals surface area contributed by atoms with Crippen LogP contribution in [-0.2, 0) is 58.1 Å². The zero-order valence-corrected chi connectivity index (χ0v) is 29.6. The Morgan fingerprint density at radius 2 is 1.15 bits per heavy atom. The molecule has 0 fully saturated rings. The summed E-state index contributed by atoms with van der Waals surface area (Å²) in [5, 5.41) is 11.3. The number of nitrogens with zero attached hydrogens (tertiary/aromatic N) is 1. The molecule has 0 aromatic heterocycles. The van der Waals surface area contributed by atoms with E-state index in [4.69, 9.17) is 51.6 Å². The SMILES string of the molecule is CC(=O)OCOC(=O)CN(CC(=O)OCOC(C)=O)c1cc2c(cc1O)C1(OC2=O)c2cc(Cl)c(OC(C)=O)cc2Oc2cc(OC(C)=O)c(Cl)cc21. The lowest BCUT2D eigenvalue weighted by Crippen LogP contribution is -2.37. The van der Waals surface area contributed by atoms with Gasteiger partial charge in [-0.05, 0) is 24.3 Å². The molecule has 19 heteroatoms. The number of anilines is 1. The van der Waals surface area contributed by atoms with Crippen LogP contribution < -0.4 is 19.1 Å². The fraction of sp³-hybridized carbons (Fsp3) is 0.265. The van der Waals surface area contributed by atoms with Gasteiger partial charge in [-0.2, -0.15) is 0 Å². The summed E-state index contributed by atoms with van der Waals surface area (Å²) in [6.07, 6.45) is 0. The molecule has 1 N–H and O–H groups in total. The predicted octanol–water partition coefficient (Wildman–Crippen LogP) is 4.05. The lowest BCUT2D eigenvalue weighted by Gasteiger charge is -2.37. The molecule has 5 rings (SSSR count). The lowest BCUT2D eigenvalue weighted by atomic mass is 9.77. The fourth-order valence-electron chi connectivity index (χ4n) is 5.44. The Labute approximate surface area is 309 Å². The van der Waals surface area contributed by atoms with E-state index in [0.29, 0.717) is 0 Å². The van der Waals surface area contributed by atoms with Gasteiger partial charge in [0.1, 0.15) is 30.3 Å². The van der Waals surface area contributed by atoms with Crippen molar-refractivity contribution < 1.29 is 76.6 Å². The number of esters is 7. The molecule has 2 aliphatic rings. The van der Waals surface area contributed by atoms with Crippen molar-refractivity contribution in [3.05, 3.63) is 68.7 Å². The number of hydrogen-bond donors (Lipinski definition) is 1. The van der Waals surface area contributed by atoms with E-state index in [-0.39, 0.29) is 61.0 Å². The van der Waals surface area contributed by atoms with Gasteiger partial charge in [-0.25, -0.2) is 4.79 Å². The average Bonchev–Trinajstić information content (AvgIpc) is 3.32. The number of ether oxygens (including phenoxy) is 8. The van der Waals surface area contributed by atoms with Crippen LogP contribution in [0.25, 0.3) is 0 Å². The Morgan fingerprint density at radius 3 is 1.58 bits per heavy atom. The minimum absolute atomic E-state index is 0.0111. The third kappa shape index (κ3) is 8.05. The highest BCUT2D eigenvalue weighted by Gasteiger charge is 2.55. The number of phenols is 1. The molecule has 0 radical (unpaired) electrons. The second kappa shape index (κ2) is 15.3. The summed E-state index contributed by atoms with van der Waals surface area (Å²) in [5.41, 5.74) is -2.19. The minimum atomic E-state index is -1.96.